The van der Waals surface area contributed by atoms with E-state index in [4.69, 9.17) is 11.6 Å². The van der Waals surface area contributed by atoms with Gasteiger partial charge in [-0.3, -0.25) is 4.79 Å². The van der Waals surface area contributed by atoms with E-state index in [0.717, 1.165) is 12.1 Å². The topological polar surface area (TPSA) is 29.1 Å². The lowest BCUT2D eigenvalue weighted by Crippen LogP contribution is -2.26. The summed E-state index contributed by atoms with van der Waals surface area (Å²) in [6.45, 7) is 1.65. The van der Waals surface area contributed by atoms with Crippen LogP contribution in [0.1, 0.15) is 36.9 Å². The summed E-state index contributed by atoms with van der Waals surface area (Å²) in [5, 5.41) is 2.64. The normalized spacial score (nSPS) is 13.1. The predicted octanol–water partition coefficient (Wildman–Crippen LogP) is 3.90. The molecular weight excluding hydrogens is 279 g/mol. The van der Waals surface area contributed by atoms with E-state index in [-0.39, 0.29) is 12.3 Å². The van der Waals surface area contributed by atoms with Gasteiger partial charge in [0.1, 0.15) is 0 Å². The molecule has 1 atom stereocenters. The fraction of sp³-hybridized carbons (Fsp3) is 0.462. The van der Waals surface area contributed by atoms with Crippen LogP contribution >= 0.6 is 11.6 Å². The summed E-state index contributed by atoms with van der Waals surface area (Å²) in [5.41, 5.74) is -0.291. The van der Waals surface area contributed by atoms with Crippen LogP contribution in [0.3, 0.4) is 0 Å². The number of carbonyl (C=O) groups is 1. The van der Waals surface area contributed by atoms with Gasteiger partial charge in [-0.2, -0.15) is 13.2 Å². The molecule has 1 aromatic rings. The molecule has 0 saturated heterocycles. The Hall–Kier alpha value is -1.23. The Bertz CT molecular complexity index is 434. The minimum absolute atomic E-state index is 0.217. The van der Waals surface area contributed by atoms with Crippen LogP contribution < -0.4 is 5.32 Å². The van der Waals surface area contributed by atoms with Crippen molar-refractivity contribution in [2.24, 2.45) is 0 Å². The van der Waals surface area contributed by atoms with Crippen LogP contribution in [0.5, 0.6) is 0 Å². The van der Waals surface area contributed by atoms with Crippen molar-refractivity contribution >= 4 is 17.5 Å². The lowest BCUT2D eigenvalue weighted by atomic mass is 10.0. The highest BCUT2D eigenvalue weighted by atomic mass is 35.5. The second kappa shape index (κ2) is 6.80. The third-order valence-corrected chi connectivity index (χ3v) is 2.90. The lowest BCUT2D eigenvalue weighted by molar-refractivity contribution is -0.137. The van der Waals surface area contributed by atoms with Crippen LogP contribution in [0, 0.1) is 0 Å². The van der Waals surface area contributed by atoms with Crippen LogP contribution in [0.4, 0.5) is 13.2 Å². The first kappa shape index (κ1) is 15.8. The predicted molar refractivity (Wildman–Crippen MR) is 68.0 cm³/mol. The van der Waals surface area contributed by atoms with Crippen molar-refractivity contribution in [3.63, 3.8) is 0 Å². The van der Waals surface area contributed by atoms with Crippen LogP contribution in [-0.4, -0.2) is 11.8 Å². The summed E-state index contributed by atoms with van der Waals surface area (Å²) in [7, 11) is 0. The first-order valence-corrected chi connectivity index (χ1v) is 6.40. The van der Waals surface area contributed by atoms with Gasteiger partial charge in [-0.25, -0.2) is 0 Å². The Labute approximate surface area is 114 Å². The third kappa shape index (κ3) is 5.11. The van der Waals surface area contributed by atoms with Crippen molar-refractivity contribution in [1.82, 2.24) is 5.32 Å². The maximum atomic E-state index is 12.6. The highest BCUT2D eigenvalue weighted by Gasteiger charge is 2.30. The monoisotopic (exact) mass is 293 g/mol. The Morgan fingerprint density at radius 3 is 2.68 bits per heavy atom. The zero-order chi connectivity index (χ0) is 14.5. The minimum atomic E-state index is -4.38. The molecule has 0 heterocycles. The Balaban J connectivity index is 2.72. The van der Waals surface area contributed by atoms with Gasteiger partial charge in [0, 0.05) is 12.3 Å². The number of alkyl halides is 4. The summed E-state index contributed by atoms with van der Waals surface area (Å²) in [4.78, 5) is 11.5. The standard InChI is InChI=1S/C13H15ClF3NO/c1-9(18-12(19)6-3-7-14)10-4-2-5-11(8-10)13(15,16)17/h2,4-5,8-9H,3,6-7H2,1H3,(H,18,19). The fourth-order valence-corrected chi connectivity index (χ4v) is 1.74. The van der Waals surface area contributed by atoms with Crippen molar-refractivity contribution in [3.8, 4) is 0 Å². The molecule has 1 unspecified atom stereocenters. The highest BCUT2D eigenvalue weighted by molar-refractivity contribution is 6.17. The van der Waals surface area contributed by atoms with Gasteiger partial charge in [0.15, 0.2) is 0 Å². The van der Waals surface area contributed by atoms with Gasteiger partial charge in [0.2, 0.25) is 5.91 Å². The molecule has 0 saturated carbocycles. The number of benzene rings is 1. The third-order valence-electron chi connectivity index (χ3n) is 2.63. The summed E-state index contributed by atoms with van der Waals surface area (Å²) in [6, 6.07) is 4.48. The quantitative estimate of drug-likeness (QED) is 0.820. The average Bonchev–Trinajstić information content (AvgIpc) is 2.35. The number of rotatable bonds is 5. The van der Waals surface area contributed by atoms with Gasteiger partial charge in [0.05, 0.1) is 11.6 Å². The highest BCUT2D eigenvalue weighted by Crippen LogP contribution is 2.30. The minimum Gasteiger partial charge on any atom is -0.350 e. The largest absolute Gasteiger partial charge is 0.416 e. The van der Waals surface area contributed by atoms with E-state index in [1.54, 1.807) is 13.0 Å². The van der Waals surface area contributed by atoms with Crippen LogP contribution in [-0.2, 0) is 11.0 Å². The Morgan fingerprint density at radius 2 is 2.11 bits per heavy atom. The number of amides is 1. The van der Waals surface area contributed by atoms with E-state index in [9.17, 15) is 18.0 Å². The maximum absolute atomic E-state index is 12.6. The number of hydrogen-bond donors (Lipinski definition) is 1. The molecular formula is C13H15ClF3NO. The fourth-order valence-electron chi connectivity index (χ4n) is 1.61. The molecule has 1 N–H and O–H groups in total. The molecule has 0 bridgehead atoms. The zero-order valence-corrected chi connectivity index (χ0v) is 11.2. The van der Waals surface area contributed by atoms with Crippen molar-refractivity contribution in [3.05, 3.63) is 35.4 Å². The molecule has 1 rings (SSSR count). The van der Waals surface area contributed by atoms with Crippen molar-refractivity contribution in [2.45, 2.75) is 32.0 Å². The molecule has 6 heteroatoms. The summed E-state index contributed by atoms with van der Waals surface area (Å²) < 4.78 is 37.7. The van der Waals surface area contributed by atoms with Crippen LogP contribution in [0.25, 0.3) is 0 Å². The number of carbonyl (C=O) groups excluding carboxylic acids is 1. The summed E-state index contributed by atoms with van der Waals surface area (Å²) >= 11 is 5.47. The Kier molecular flexibility index (Phi) is 5.66. The van der Waals surface area contributed by atoms with Crippen molar-refractivity contribution < 1.29 is 18.0 Å². The molecule has 0 aliphatic heterocycles. The molecule has 0 spiro atoms. The molecule has 0 aliphatic rings. The van der Waals surface area contributed by atoms with Gasteiger partial charge < -0.3 is 5.32 Å². The molecule has 0 aliphatic carbocycles. The molecule has 0 radical (unpaired) electrons. The van der Waals surface area contributed by atoms with Crippen molar-refractivity contribution in [1.29, 1.82) is 0 Å². The van der Waals surface area contributed by atoms with E-state index in [0.29, 0.717) is 17.9 Å². The van der Waals surface area contributed by atoms with Crippen LogP contribution in [0.2, 0.25) is 0 Å². The van der Waals surface area contributed by atoms with E-state index >= 15 is 0 Å². The van der Waals surface area contributed by atoms with E-state index < -0.39 is 17.8 Å². The summed E-state index contributed by atoms with van der Waals surface area (Å²) in [6.07, 6.45) is -3.56. The van der Waals surface area contributed by atoms with Gasteiger partial charge in [-0.15, -0.1) is 11.6 Å². The van der Waals surface area contributed by atoms with E-state index in [1.165, 1.54) is 6.07 Å². The van der Waals surface area contributed by atoms with Gasteiger partial charge in [-0.1, -0.05) is 12.1 Å². The second-order valence-electron chi connectivity index (χ2n) is 4.20. The first-order chi connectivity index (χ1) is 8.84. The SMILES string of the molecule is CC(NC(=O)CCCCl)c1cccc(C(F)(F)F)c1. The number of hydrogen-bond acceptors (Lipinski definition) is 1. The second-order valence-corrected chi connectivity index (χ2v) is 4.58. The first-order valence-electron chi connectivity index (χ1n) is 5.87. The van der Waals surface area contributed by atoms with Crippen molar-refractivity contribution in [2.75, 3.05) is 5.88 Å². The number of halogens is 4. The van der Waals surface area contributed by atoms with E-state index in [1.807, 2.05) is 0 Å². The Morgan fingerprint density at radius 1 is 1.42 bits per heavy atom. The zero-order valence-electron chi connectivity index (χ0n) is 10.4. The molecule has 0 aromatic heterocycles. The lowest BCUT2D eigenvalue weighted by Gasteiger charge is -2.16. The van der Waals surface area contributed by atoms with Gasteiger partial charge in [0.25, 0.3) is 0 Å². The molecule has 0 fully saturated rings. The molecule has 19 heavy (non-hydrogen) atoms. The van der Waals surface area contributed by atoms with Gasteiger partial charge >= 0.3 is 6.18 Å². The smallest absolute Gasteiger partial charge is 0.350 e. The summed E-state index contributed by atoms with van der Waals surface area (Å²) in [5.74, 6) is 0.163. The van der Waals surface area contributed by atoms with E-state index in [2.05, 4.69) is 5.32 Å². The maximum Gasteiger partial charge on any atom is 0.416 e. The molecule has 1 amide bonds. The number of nitrogens with one attached hydrogen (secondary N) is 1. The molecule has 106 valence electrons. The van der Waals surface area contributed by atoms with Crippen LogP contribution in [0.15, 0.2) is 24.3 Å². The van der Waals surface area contributed by atoms with Gasteiger partial charge in [-0.05, 0) is 31.0 Å². The average molecular weight is 294 g/mol. The molecule has 2 nitrogen and oxygen atoms in total. The molecule has 1 aromatic carbocycles.